The lowest BCUT2D eigenvalue weighted by Crippen LogP contribution is -2.34. The molecule has 1 amide bonds. The SMILES string of the molecule is Cc1ccc(CCC(=O)N2CC=C(c3c[nH]c4cccnc34)CC2)cc1. The van der Waals surface area contributed by atoms with Crippen molar-refractivity contribution in [3.63, 3.8) is 0 Å². The summed E-state index contributed by atoms with van der Waals surface area (Å²) >= 11 is 0. The third-order valence-corrected chi connectivity index (χ3v) is 5.09. The number of hydrogen-bond donors (Lipinski definition) is 1. The fraction of sp³-hybridized carbons (Fsp3) is 0.273. The average molecular weight is 345 g/mol. The van der Waals surface area contributed by atoms with Crippen molar-refractivity contribution in [2.45, 2.75) is 26.2 Å². The lowest BCUT2D eigenvalue weighted by molar-refractivity contribution is -0.130. The Morgan fingerprint density at radius 1 is 1.23 bits per heavy atom. The zero-order valence-corrected chi connectivity index (χ0v) is 15.0. The minimum Gasteiger partial charge on any atom is -0.359 e. The smallest absolute Gasteiger partial charge is 0.223 e. The van der Waals surface area contributed by atoms with E-state index in [0.717, 1.165) is 36.0 Å². The number of aryl methyl sites for hydroxylation is 2. The Morgan fingerprint density at radius 3 is 2.85 bits per heavy atom. The second-order valence-corrected chi connectivity index (χ2v) is 6.91. The van der Waals surface area contributed by atoms with Gasteiger partial charge in [-0.1, -0.05) is 35.9 Å². The molecule has 132 valence electrons. The molecule has 0 aliphatic carbocycles. The number of nitrogens with zero attached hydrogens (tertiary/aromatic N) is 2. The Bertz CT molecular complexity index is 953. The van der Waals surface area contributed by atoms with E-state index >= 15 is 0 Å². The number of amides is 1. The number of nitrogens with one attached hydrogen (secondary N) is 1. The van der Waals surface area contributed by atoms with Crippen LogP contribution in [0.3, 0.4) is 0 Å². The van der Waals surface area contributed by atoms with E-state index in [2.05, 4.69) is 47.2 Å². The van der Waals surface area contributed by atoms with E-state index in [1.54, 1.807) is 0 Å². The molecule has 0 saturated carbocycles. The highest BCUT2D eigenvalue weighted by Gasteiger charge is 2.19. The van der Waals surface area contributed by atoms with Gasteiger partial charge in [-0.15, -0.1) is 0 Å². The highest BCUT2D eigenvalue weighted by Crippen LogP contribution is 2.28. The third-order valence-electron chi connectivity index (χ3n) is 5.09. The summed E-state index contributed by atoms with van der Waals surface area (Å²) in [6.45, 7) is 3.54. The molecule has 0 saturated heterocycles. The fourth-order valence-corrected chi connectivity index (χ4v) is 3.50. The van der Waals surface area contributed by atoms with Crippen molar-refractivity contribution in [1.29, 1.82) is 0 Å². The number of H-pyrrole nitrogens is 1. The zero-order chi connectivity index (χ0) is 17.9. The molecule has 1 aliphatic rings. The van der Waals surface area contributed by atoms with Gasteiger partial charge in [0.15, 0.2) is 0 Å². The van der Waals surface area contributed by atoms with Crippen LogP contribution in [0.4, 0.5) is 0 Å². The number of carbonyl (C=O) groups is 1. The van der Waals surface area contributed by atoms with Crippen LogP contribution in [-0.2, 0) is 11.2 Å². The molecule has 0 fully saturated rings. The Hall–Kier alpha value is -2.88. The van der Waals surface area contributed by atoms with Crippen LogP contribution in [0.15, 0.2) is 54.9 Å². The number of benzene rings is 1. The quantitative estimate of drug-likeness (QED) is 0.773. The molecule has 0 atom stereocenters. The summed E-state index contributed by atoms with van der Waals surface area (Å²) in [4.78, 5) is 22.2. The first-order chi connectivity index (χ1) is 12.7. The van der Waals surface area contributed by atoms with Crippen molar-refractivity contribution in [3.05, 3.63) is 71.6 Å². The molecular weight excluding hydrogens is 322 g/mol. The van der Waals surface area contributed by atoms with Crippen molar-refractivity contribution < 1.29 is 4.79 Å². The summed E-state index contributed by atoms with van der Waals surface area (Å²) in [5, 5.41) is 0. The monoisotopic (exact) mass is 345 g/mol. The van der Waals surface area contributed by atoms with E-state index < -0.39 is 0 Å². The van der Waals surface area contributed by atoms with Gasteiger partial charge in [0.05, 0.1) is 11.0 Å². The molecule has 0 unspecified atom stereocenters. The lowest BCUT2D eigenvalue weighted by Gasteiger charge is -2.26. The molecule has 0 radical (unpaired) electrons. The van der Waals surface area contributed by atoms with Crippen LogP contribution in [0.1, 0.15) is 29.5 Å². The van der Waals surface area contributed by atoms with Gasteiger partial charge in [-0.3, -0.25) is 9.78 Å². The third kappa shape index (κ3) is 3.40. The van der Waals surface area contributed by atoms with Crippen LogP contribution < -0.4 is 0 Å². The summed E-state index contributed by atoms with van der Waals surface area (Å²) in [6.07, 6.45) is 8.27. The second kappa shape index (κ2) is 7.16. The second-order valence-electron chi connectivity index (χ2n) is 6.91. The van der Waals surface area contributed by atoms with E-state index in [1.165, 1.54) is 16.7 Å². The molecule has 1 aliphatic heterocycles. The predicted octanol–water partition coefficient (Wildman–Crippen LogP) is 4.12. The van der Waals surface area contributed by atoms with Crippen LogP contribution in [-0.4, -0.2) is 33.9 Å². The van der Waals surface area contributed by atoms with Crippen LogP contribution in [0.25, 0.3) is 16.6 Å². The number of rotatable bonds is 4. The highest BCUT2D eigenvalue weighted by molar-refractivity contribution is 5.90. The van der Waals surface area contributed by atoms with Crippen molar-refractivity contribution in [1.82, 2.24) is 14.9 Å². The molecule has 0 spiro atoms. The molecule has 0 bridgehead atoms. The molecule has 4 nitrogen and oxygen atoms in total. The Balaban J connectivity index is 1.39. The van der Waals surface area contributed by atoms with Gasteiger partial charge in [-0.05, 0) is 43.0 Å². The van der Waals surface area contributed by atoms with Crippen molar-refractivity contribution >= 4 is 22.5 Å². The van der Waals surface area contributed by atoms with Gasteiger partial charge in [-0.25, -0.2) is 0 Å². The van der Waals surface area contributed by atoms with Gasteiger partial charge in [0.1, 0.15) is 0 Å². The van der Waals surface area contributed by atoms with Gasteiger partial charge in [0, 0.05) is 37.5 Å². The average Bonchev–Trinajstić information content (AvgIpc) is 3.11. The number of carbonyl (C=O) groups excluding carboxylic acids is 1. The maximum Gasteiger partial charge on any atom is 0.223 e. The molecular formula is C22H23N3O. The first kappa shape index (κ1) is 16.6. The Kier molecular flexibility index (Phi) is 4.57. The largest absolute Gasteiger partial charge is 0.359 e. The maximum atomic E-state index is 12.5. The van der Waals surface area contributed by atoms with E-state index in [0.29, 0.717) is 13.0 Å². The molecule has 26 heavy (non-hydrogen) atoms. The van der Waals surface area contributed by atoms with Crippen molar-refractivity contribution in [3.8, 4) is 0 Å². The number of aromatic nitrogens is 2. The van der Waals surface area contributed by atoms with Gasteiger partial charge in [0.25, 0.3) is 0 Å². The number of fused-ring (bicyclic) bond motifs is 1. The van der Waals surface area contributed by atoms with E-state index in [-0.39, 0.29) is 5.91 Å². The van der Waals surface area contributed by atoms with Crippen LogP contribution >= 0.6 is 0 Å². The van der Waals surface area contributed by atoms with Gasteiger partial charge < -0.3 is 9.88 Å². The maximum absolute atomic E-state index is 12.5. The minimum absolute atomic E-state index is 0.234. The predicted molar refractivity (Wildman–Crippen MR) is 105 cm³/mol. The van der Waals surface area contributed by atoms with Gasteiger partial charge in [0.2, 0.25) is 5.91 Å². The van der Waals surface area contributed by atoms with Crippen molar-refractivity contribution in [2.24, 2.45) is 0 Å². The fourth-order valence-electron chi connectivity index (χ4n) is 3.50. The standard InChI is InChI=1S/C22H23N3O/c1-16-4-6-17(7-5-16)8-9-21(26)25-13-10-18(11-14-25)19-15-24-20-3-2-12-23-22(19)20/h2-7,10,12,15,24H,8-9,11,13-14H2,1H3. The van der Waals surface area contributed by atoms with E-state index in [9.17, 15) is 4.79 Å². The van der Waals surface area contributed by atoms with E-state index in [1.807, 2.05) is 29.4 Å². The normalized spacial score (nSPS) is 14.5. The topological polar surface area (TPSA) is 49.0 Å². The van der Waals surface area contributed by atoms with Crippen LogP contribution in [0.2, 0.25) is 0 Å². The lowest BCUT2D eigenvalue weighted by atomic mass is 10.0. The molecule has 1 N–H and O–H groups in total. The summed E-state index contributed by atoms with van der Waals surface area (Å²) < 4.78 is 0. The van der Waals surface area contributed by atoms with Crippen LogP contribution in [0.5, 0.6) is 0 Å². The molecule has 4 heteroatoms. The van der Waals surface area contributed by atoms with Gasteiger partial charge >= 0.3 is 0 Å². The summed E-state index contributed by atoms with van der Waals surface area (Å²) in [5.41, 5.74) is 6.98. The molecule has 3 heterocycles. The Labute approximate surface area is 153 Å². The minimum atomic E-state index is 0.234. The molecule has 4 rings (SSSR count). The van der Waals surface area contributed by atoms with Gasteiger partial charge in [-0.2, -0.15) is 0 Å². The van der Waals surface area contributed by atoms with E-state index in [4.69, 9.17) is 0 Å². The summed E-state index contributed by atoms with van der Waals surface area (Å²) in [5.74, 6) is 0.234. The molecule has 1 aromatic carbocycles. The first-order valence-corrected chi connectivity index (χ1v) is 9.15. The van der Waals surface area contributed by atoms with Crippen LogP contribution in [0, 0.1) is 6.92 Å². The zero-order valence-electron chi connectivity index (χ0n) is 15.0. The number of pyridine rings is 1. The summed E-state index contributed by atoms with van der Waals surface area (Å²) in [6, 6.07) is 12.4. The first-order valence-electron chi connectivity index (χ1n) is 9.15. The molecule has 3 aromatic rings. The number of aromatic amines is 1. The van der Waals surface area contributed by atoms with Crippen molar-refractivity contribution in [2.75, 3.05) is 13.1 Å². The highest BCUT2D eigenvalue weighted by atomic mass is 16.2. The Morgan fingerprint density at radius 2 is 2.08 bits per heavy atom. The summed E-state index contributed by atoms with van der Waals surface area (Å²) in [7, 11) is 0. The number of hydrogen-bond acceptors (Lipinski definition) is 2. The molecule has 2 aromatic heterocycles.